The highest BCUT2D eigenvalue weighted by Gasteiger charge is 2.26. The molecular formula is C13H18N2O. The minimum Gasteiger partial charge on any atom is -0.392 e. The zero-order chi connectivity index (χ0) is 11.0. The van der Waals surface area contributed by atoms with Crippen molar-refractivity contribution in [1.82, 2.24) is 10.2 Å². The van der Waals surface area contributed by atoms with Gasteiger partial charge in [0.15, 0.2) is 0 Å². The first kappa shape index (κ1) is 10.3. The van der Waals surface area contributed by atoms with Crippen molar-refractivity contribution in [3.8, 4) is 0 Å². The van der Waals surface area contributed by atoms with E-state index >= 15 is 0 Å². The van der Waals surface area contributed by atoms with Crippen LogP contribution in [-0.4, -0.2) is 35.2 Å². The topological polar surface area (TPSA) is 35.5 Å². The number of β-amino-alcohol motifs (C(OH)–C–C–N with tert-alkyl or cyclic N) is 1. The molecule has 2 heterocycles. The molecule has 16 heavy (non-hydrogen) atoms. The molecule has 86 valence electrons. The first-order valence-electron chi connectivity index (χ1n) is 6.02. The number of nitrogens with one attached hydrogen (secondary N) is 1. The SMILES string of the molecule is OC1CNC(CN2Cc3ccccc3C2)C1. The van der Waals surface area contributed by atoms with Gasteiger partial charge >= 0.3 is 0 Å². The molecule has 0 saturated carbocycles. The van der Waals surface area contributed by atoms with Gasteiger partial charge < -0.3 is 10.4 Å². The Labute approximate surface area is 96.1 Å². The highest BCUT2D eigenvalue weighted by molar-refractivity contribution is 5.30. The first-order chi connectivity index (χ1) is 7.81. The van der Waals surface area contributed by atoms with Crippen molar-refractivity contribution in [2.24, 2.45) is 0 Å². The van der Waals surface area contributed by atoms with E-state index in [1.165, 1.54) is 11.1 Å². The van der Waals surface area contributed by atoms with Crippen LogP contribution in [0.3, 0.4) is 0 Å². The van der Waals surface area contributed by atoms with E-state index in [4.69, 9.17) is 0 Å². The molecule has 1 aromatic rings. The lowest BCUT2D eigenvalue weighted by Crippen LogP contribution is -2.34. The number of rotatable bonds is 2. The molecule has 2 atom stereocenters. The normalized spacial score (nSPS) is 29.6. The number of aliphatic hydroxyl groups excluding tert-OH is 1. The Kier molecular flexibility index (Phi) is 2.67. The summed E-state index contributed by atoms with van der Waals surface area (Å²) in [5, 5.41) is 12.8. The van der Waals surface area contributed by atoms with Gasteiger partial charge in [-0.05, 0) is 17.5 Å². The lowest BCUT2D eigenvalue weighted by atomic mass is 10.1. The van der Waals surface area contributed by atoms with Gasteiger partial charge in [0.1, 0.15) is 0 Å². The fraction of sp³-hybridized carbons (Fsp3) is 0.538. The lowest BCUT2D eigenvalue weighted by Gasteiger charge is -2.19. The Morgan fingerprint density at radius 1 is 1.25 bits per heavy atom. The molecule has 0 amide bonds. The Morgan fingerprint density at radius 3 is 2.50 bits per heavy atom. The molecule has 0 spiro atoms. The Bertz CT molecular complexity index is 355. The molecule has 2 unspecified atom stereocenters. The van der Waals surface area contributed by atoms with Crippen LogP contribution in [0, 0.1) is 0 Å². The molecule has 2 aliphatic rings. The quantitative estimate of drug-likeness (QED) is 0.768. The lowest BCUT2D eigenvalue weighted by molar-refractivity contribution is 0.187. The Balaban J connectivity index is 1.60. The van der Waals surface area contributed by atoms with Crippen LogP contribution in [-0.2, 0) is 13.1 Å². The number of hydrogen-bond acceptors (Lipinski definition) is 3. The maximum Gasteiger partial charge on any atom is 0.0680 e. The van der Waals surface area contributed by atoms with E-state index in [1.807, 2.05) is 0 Å². The summed E-state index contributed by atoms with van der Waals surface area (Å²) in [4.78, 5) is 2.46. The van der Waals surface area contributed by atoms with Crippen LogP contribution >= 0.6 is 0 Å². The van der Waals surface area contributed by atoms with Gasteiger partial charge in [0.05, 0.1) is 6.10 Å². The molecule has 1 fully saturated rings. The molecule has 3 heteroatoms. The van der Waals surface area contributed by atoms with Crippen LogP contribution in [0.4, 0.5) is 0 Å². The first-order valence-corrected chi connectivity index (χ1v) is 6.02. The van der Waals surface area contributed by atoms with Gasteiger partial charge in [0, 0.05) is 32.2 Å². The standard InChI is InChI=1S/C13H18N2O/c16-13-5-12(14-6-13)9-15-7-10-3-1-2-4-11(10)8-15/h1-4,12-14,16H,5-9H2. The van der Waals surface area contributed by atoms with Crippen LogP contribution in [0.25, 0.3) is 0 Å². The minimum absolute atomic E-state index is 0.144. The summed E-state index contributed by atoms with van der Waals surface area (Å²) in [6.07, 6.45) is 0.752. The van der Waals surface area contributed by atoms with Gasteiger partial charge in [0.2, 0.25) is 0 Å². The van der Waals surface area contributed by atoms with E-state index < -0.39 is 0 Å². The Hall–Kier alpha value is -0.900. The van der Waals surface area contributed by atoms with Crippen molar-refractivity contribution in [2.45, 2.75) is 31.7 Å². The minimum atomic E-state index is -0.144. The van der Waals surface area contributed by atoms with Crippen molar-refractivity contribution in [2.75, 3.05) is 13.1 Å². The van der Waals surface area contributed by atoms with Crippen molar-refractivity contribution < 1.29 is 5.11 Å². The average molecular weight is 218 g/mol. The second-order valence-electron chi connectivity index (χ2n) is 4.93. The van der Waals surface area contributed by atoms with Gasteiger partial charge in [-0.1, -0.05) is 24.3 Å². The summed E-state index contributed by atoms with van der Waals surface area (Å²) < 4.78 is 0. The zero-order valence-corrected chi connectivity index (χ0v) is 9.39. The smallest absolute Gasteiger partial charge is 0.0680 e. The van der Waals surface area contributed by atoms with Crippen molar-refractivity contribution in [3.05, 3.63) is 35.4 Å². The Morgan fingerprint density at radius 2 is 1.94 bits per heavy atom. The maximum absolute atomic E-state index is 9.47. The molecule has 3 nitrogen and oxygen atoms in total. The van der Waals surface area contributed by atoms with Gasteiger partial charge in [-0.2, -0.15) is 0 Å². The van der Waals surface area contributed by atoms with E-state index in [2.05, 4.69) is 34.5 Å². The molecule has 3 rings (SSSR count). The third kappa shape index (κ3) is 1.98. The third-order valence-electron chi connectivity index (χ3n) is 3.58. The van der Waals surface area contributed by atoms with Gasteiger partial charge in [0.25, 0.3) is 0 Å². The van der Waals surface area contributed by atoms with Crippen LogP contribution in [0.2, 0.25) is 0 Å². The molecule has 1 aromatic carbocycles. The third-order valence-corrected chi connectivity index (χ3v) is 3.58. The van der Waals surface area contributed by atoms with Crippen LogP contribution in [0.15, 0.2) is 24.3 Å². The van der Waals surface area contributed by atoms with Gasteiger partial charge in [-0.25, -0.2) is 0 Å². The van der Waals surface area contributed by atoms with Gasteiger partial charge in [-0.3, -0.25) is 4.90 Å². The van der Waals surface area contributed by atoms with E-state index in [0.29, 0.717) is 6.04 Å². The summed E-state index contributed by atoms with van der Waals surface area (Å²) in [5.74, 6) is 0. The molecule has 1 saturated heterocycles. The van der Waals surface area contributed by atoms with Crippen molar-refractivity contribution >= 4 is 0 Å². The molecule has 0 radical (unpaired) electrons. The van der Waals surface area contributed by atoms with Crippen LogP contribution in [0.5, 0.6) is 0 Å². The highest BCUT2D eigenvalue weighted by Crippen LogP contribution is 2.23. The van der Waals surface area contributed by atoms with Crippen LogP contribution in [0.1, 0.15) is 17.5 Å². The molecule has 0 bridgehead atoms. The van der Waals surface area contributed by atoms with Crippen LogP contribution < -0.4 is 5.32 Å². The average Bonchev–Trinajstić information content (AvgIpc) is 2.84. The number of nitrogens with zero attached hydrogens (tertiary/aromatic N) is 1. The molecule has 2 aliphatic heterocycles. The number of fused-ring (bicyclic) bond motifs is 1. The summed E-state index contributed by atoms with van der Waals surface area (Å²) in [7, 11) is 0. The molecule has 0 aliphatic carbocycles. The second-order valence-corrected chi connectivity index (χ2v) is 4.93. The molecule has 0 aromatic heterocycles. The highest BCUT2D eigenvalue weighted by atomic mass is 16.3. The second kappa shape index (κ2) is 4.17. The summed E-state index contributed by atoms with van der Waals surface area (Å²) >= 11 is 0. The van der Waals surface area contributed by atoms with E-state index in [0.717, 1.165) is 32.6 Å². The van der Waals surface area contributed by atoms with Gasteiger partial charge in [-0.15, -0.1) is 0 Å². The van der Waals surface area contributed by atoms with E-state index in [9.17, 15) is 5.11 Å². The summed E-state index contributed by atoms with van der Waals surface area (Å²) in [6, 6.07) is 9.11. The van der Waals surface area contributed by atoms with E-state index in [-0.39, 0.29) is 6.10 Å². The fourth-order valence-corrected chi connectivity index (χ4v) is 2.78. The summed E-state index contributed by atoms with van der Waals surface area (Å²) in [5.41, 5.74) is 2.92. The molecule has 2 N–H and O–H groups in total. The number of aliphatic hydroxyl groups is 1. The van der Waals surface area contributed by atoms with E-state index in [1.54, 1.807) is 0 Å². The predicted octanol–water partition coefficient (Wildman–Crippen LogP) is 0.725. The number of hydrogen-bond donors (Lipinski definition) is 2. The predicted molar refractivity (Wildman–Crippen MR) is 63.0 cm³/mol. The largest absolute Gasteiger partial charge is 0.392 e. The summed E-state index contributed by atoms with van der Waals surface area (Å²) in [6.45, 7) is 3.92. The molecular weight excluding hydrogens is 200 g/mol. The maximum atomic E-state index is 9.47. The van der Waals surface area contributed by atoms with Crippen molar-refractivity contribution in [3.63, 3.8) is 0 Å². The van der Waals surface area contributed by atoms with Crippen molar-refractivity contribution in [1.29, 1.82) is 0 Å². The number of benzene rings is 1. The zero-order valence-electron chi connectivity index (χ0n) is 9.39. The fourth-order valence-electron chi connectivity index (χ4n) is 2.78. The monoisotopic (exact) mass is 218 g/mol.